The molecule has 0 saturated carbocycles. The third-order valence-electron chi connectivity index (χ3n) is 3.76. The quantitative estimate of drug-likeness (QED) is 0.733. The Morgan fingerprint density at radius 1 is 1.21 bits per heavy atom. The van der Waals surface area contributed by atoms with Crippen LogP contribution in [-0.4, -0.2) is 29.0 Å². The topological polar surface area (TPSA) is 67.0 Å². The summed E-state index contributed by atoms with van der Waals surface area (Å²) in [4.78, 5) is 19.5. The van der Waals surface area contributed by atoms with Crippen molar-refractivity contribution in [3.05, 3.63) is 59.4 Å². The lowest BCUT2D eigenvalue weighted by Crippen LogP contribution is -2.30. The molecule has 0 radical (unpaired) electrons. The molecular weight excluding hydrogens is 302 g/mol. The Morgan fingerprint density at radius 3 is 2.92 bits per heavy atom. The second-order valence-electron chi connectivity index (χ2n) is 5.88. The number of benzene rings is 2. The number of fused-ring (bicyclic) bond motifs is 1. The van der Waals surface area contributed by atoms with Crippen LogP contribution in [0.4, 0.5) is 0 Å². The zero-order valence-electron chi connectivity index (χ0n) is 13.9. The highest BCUT2D eigenvalue weighted by Crippen LogP contribution is 2.14. The van der Waals surface area contributed by atoms with Gasteiger partial charge >= 0.3 is 0 Å². The van der Waals surface area contributed by atoms with Gasteiger partial charge in [-0.25, -0.2) is 4.98 Å². The van der Waals surface area contributed by atoms with Crippen LogP contribution in [0.25, 0.3) is 11.0 Å². The summed E-state index contributed by atoms with van der Waals surface area (Å²) in [5, 5.41) is 2.88. The zero-order chi connectivity index (χ0) is 16.9. The number of ether oxygens (including phenoxy) is 1. The number of aryl methyl sites for hydroxylation is 2. The molecule has 3 rings (SSSR count). The van der Waals surface area contributed by atoms with Crippen molar-refractivity contribution in [1.29, 1.82) is 0 Å². The third-order valence-corrected chi connectivity index (χ3v) is 3.76. The number of aromatic amines is 1. The Balaban J connectivity index is 1.45. The van der Waals surface area contributed by atoms with Crippen molar-refractivity contribution in [1.82, 2.24) is 15.3 Å². The van der Waals surface area contributed by atoms with Crippen molar-refractivity contribution in [3.63, 3.8) is 0 Å². The summed E-state index contributed by atoms with van der Waals surface area (Å²) in [5.41, 5.74) is 4.26. The second kappa shape index (κ2) is 7.17. The van der Waals surface area contributed by atoms with Gasteiger partial charge in [-0.3, -0.25) is 4.79 Å². The minimum Gasteiger partial charge on any atom is -0.484 e. The van der Waals surface area contributed by atoms with E-state index in [0.717, 1.165) is 34.4 Å². The van der Waals surface area contributed by atoms with E-state index in [4.69, 9.17) is 4.74 Å². The van der Waals surface area contributed by atoms with Gasteiger partial charge in [0.05, 0.1) is 11.0 Å². The van der Waals surface area contributed by atoms with Crippen LogP contribution in [0.1, 0.15) is 17.0 Å². The third kappa shape index (κ3) is 4.13. The Morgan fingerprint density at radius 2 is 2.08 bits per heavy atom. The largest absolute Gasteiger partial charge is 0.484 e. The van der Waals surface area contributed by atoms with Crippen molar-refractivity contribution in [2.75, 3.05) is 13.2 Å². The molecule has 0 spiro atoms. The van der Waals surface area contributed by atoms with Gasteiger partial charge in [-0.05, 0) is 55.7 Å². The van der Waals surface area contributed by atoms with E-state index in [1.165, 1.54) is 0 Å². The summed E-state index contributed by atoms with van der Waals surface area (Å²) in [6.07, 6.45) is 0.768. The lowest BCUT2D eigenvalue weighted by atomic mass is 10.1. The van der Waals surface area contributed by atoms with Crippen LogP contribution in [0.2, 0.25) is 0 Å². The maximum Gasteiger partial charge on any atom is 0.257 e. The van der Waals surface area contributed by atoms with Crippen molar-refractivity contribution < 1.29 is 9.53 Å². The molecule has 0 saturated heterocycles. The van der Waals surface area contributed by atoms with Gasteiger partial charge < -0.3 is 15.0 Å². The molecule has 0 fully saturated rings. The zero-order valence-corrected chi connectivity index (χ0v) is 13.9. The van der Waals surface area contributed by atoms with Crippen LogP contribution in [0, 0.1) is 13.8 Å². The van der Waals surface area contributed by atoms with Crippen molar-refractivity contribution >= 4 is 16.9 Å². The number of nitrogens with zero attached hydrogens (tertiary/aromatic N) is 1. The number of hydrogen-bond donors (Lipinski definition) is 2. The van der Waals surface area contributed by atoms with Gasteiger partial charge in [-0.1, -0.05) is 18.2 Å². The molecule has 2 N–H and O–H groups in total. The molecule has 1 aromatic heterocycles. The van der Waals surface area contributed by atoms with Crippen LogP contribution >= 0.6 is 0 Å². The van der Waals surface area contributed by atoms with Crippen LogP contribution in [-0.2, 0) is 11.2 Å². The molecule has 0 bridgehead atoms. The molecule has 0 aliphatic carbocycles. The molecule has 5 heteroatoms. The van der Waals surface area contributed by atoms with E-state index >= 15 is 0 Å². The molecule has 0 unspecified atom stereocenters. The molecule has 124 valence electrons. The summed E-state index contributed by atoms with van der Waals surface area (Å²) >= 11 is 0. The number of H-pyrrole nitrogens is 1. The van der Waals surface area contributed by atoms with E-state index in [9.17, 15) is 4.79 Å². The van der Waals surface area contributed by atoms with E-state index in [-0.39, 0.29) is 12.5 Å². The van der Waals surface area contributed by atoms with E-state index in [1.54, 1.807) is 0 Å². The molecular formula is C19H21N3O2. The van der Waals surface area contributed by atoms with E-state index < -0.39 is 0 Å². The summed E-state index contributed by atoms with van der Waals surface area (Å²) in [6, 6.07) is 13.8. The number of hydrogen-bond acceptors (Lipinski definition) is 3. The average Bonchev–Trinajstić information content (AvgIpc) is 2.92. The van der Waals surface area contributed by atoms with E-state index in [2.05, 4.69) is 21.4 Å². The van der Waals surface area contributed by atoms with Crippen LogP contribution in [0.15, 0.2) is 42.5 Å². The minimum atomic E-state index is -0.116. The normalized spacial score (nSPS) is 10.8. The standard InChI is InChI=1S/C19H21N3O2/c1-13-4-3-5-16(10-13)24-12-19(23)20-9-8-15-6-7-17-18(11-15)22-14(2)21-17/h3-7,10-11H,8-9,12H2,1-2H3,(H,20,23)(H,21,22). The average molecular weight is 323 g/mol. The Bertz CT molecular complexity index is 855. The molecule has 0 aliphatic rings. The van der Waals surface area contributed by atoms with E-state index in [0.29, 0.717) is 12.3 Å². The molecule has 1 amide bonds. The lowest BCUT2D eigenvalue weighted by Gasteiger charge is -2.08. The van der Waals surface area contributed by atoms with Gasteiger partial charge in [0, 0.05) is 6.54 Å². The smallest absolute Gasteiger partial charge is 0.257 e. The maximum absolute atomic E-state index is 11.9. The number of amides is 1. The fourth-order valence-corrected chi connectivity index (χ4v) is 2.59. The summed E-state index contributed by atoms with van der Waals surface area (Å²) in [5.74, 6) is 1.50. The Hall–Kier alpha value is -2.82. The van der Waals surface area contributed by atoms with Crippen LogP contribution in [0.3, 0.4) is 0 Å². The van der Waals surface area contributed by atoms with Crippen molar-refractivity contribution in [2.24, 2.45) is 0 Å². The fraction of sp³-hybridized carbons (Fsp3) is 0.263. The number of carbonyl (C=O) groups excluding carboxylic acids is 1. The first-order valence-corrected chi connectivity index (χ1v) is 8.01. The Labute approximate surface area is 141 Å². The fourth-order valence-electron chi connectivity index (χ4n) is 2.59. The predicted molar refractivity (Wildman–Crippen MR) is 94.2 cm³/mol. The van der Waals surface area contributed by atoms with Crippen molar-refractivity contribution in [3.8, 4) is 5.75 Å². The number of aromatic nitrogens is 2. The summed E-state index contributed by atoms with van der Waals surface area (Å²) in [7, 11) is 0. The first kappa shape index (κ1) is 16.1. The first-order chi connectivity index (χ1) is 11.6. The second-order valence-corrected chi connectivity index (χ2v) is 5.88. The minimum absolute atomic E-state index is 0.0300. The molecule has 24 heavy (non-hydrogen) atoms. The highest BCUT2D eigenvalue weighted by molar-refractivity contribution is 5.77. The van der Waals surface area contributed by atoms with Gasteiger partial charge in [0.1, 0.15) is 11.6 Å². The van der Waals surface area contributed by atoms with Gasteiger partial charge in [0.2, 0.25) is 0 Å². The maximum atomic E-state index is 11.9. The van der Waals surface area contributed by atoms with Crippen LogP contribution in [0.5, 0.6) is 5.75 Å². The van der Waals surface area contributed by atoms with E-state index in [1.807, 2.05) is 50.2 Å². The summed E-state index contributed by atoms with van der Waals surface area (Å²) in [6.45, 7) is 4.54. The summed E-state index contributed by atoms with van der Waals surface area (Å²) < 4.78 is 5.49. The monoisotopic (exact) mass is 323 g/mol. The van der Waals surface area contributed by atoms with Crippen molar-refractivity contribution in [2.45, 2.75) is 20.3 Å². The molecule has 5 nitrogen and oxygen atoms in total. The van der Waals surface area contributed by atoms with Gasteiger partial charge in [-0.2, -0.15) is 0 Å². The molecule has 0 atom stereocenters. The SMILES string of the molecule is Cc1cccc(OCC(=O)NCCc2ccc3nc(C)[nH]c3c2)c1. The molecule has 1 heterocycles. The lowest BCUT2D eigenvalue weighted by molar-refractivity contribution is -0.123. The highest BCUT2D eigenvalue weighted by Gasteiger charge is 2.04. The van der Waals surface area contributed by atoms with Gasteiger partial charge in [0.15, 0.2) is 6.61 Å². The highest BCUT2D eigenvalue weighted by atomic mass is 16.5. The molecule has 0 aliphatic heterocycles. The Kier molecular flexibility index (Phi) is 4.79. The molecule has 3 aromatic rings. The van der Waals surface area contributed by atoms with Gasteiger partial charge in [0.25, 0.3) is 5.91 Å². The van der Waals surface area contributed by atoms with Gasteiger partial charge in [-0.15, -0.1) is 0 Å². The number of imidazole rings is 1. The predicted octanol–water partition coefficient (Wildman–Crippen LogP) is 2.92. The number of carbonyl (C=O) groups is 1. The number of rotatable bonds is 6. The first-order valence-electron chi connectivity index (χ1n) is 8.01. The van der Waals surface area contributed by atoms with Crippen LogP contribution < -0.4 is 10.1 Å². The molecule has 2 aromatic carbocycles. The number of nitrogens with one attached hydrogen (secondary N) is 2.